The van der Waals surface area contributed by atoms with E-state index >= 15 is 0 Å². The molecular formula is C35H27Cl2FN2O6. The molecule has 234 valence electrons. The third kappa shape index (κ3) is 4.18. The van der Waals surface area contributed by atoms with Crippen LogP contribution in [-0.4, -0.2) is 45.6 Å². The first-order valence-corrected chi connectivity index (χ1v) is 15.5. The van der Waals surface area contributed by atoms with Crippen molar-refractivity contribution in [2.24, 2.45) is 23.7 Å². The Bertz CT molecular complexity index is 1860. The van der Waals surface area contributed by atoms with Crippen LogP contribution in [0.25, 0.3) is 6.08 Å². The van der Waals surface area contributed by atoms with E-state index in [1.807, 2.05) is 6.08 Å². The van der Waals surface area contributed by atoms with E-state index in [4.69, 9.17) is 27.9 Å². The number of allylic oxidation sites excluding steroid dienone is 3. The summed E-state index contributed by atoms with van der Waals surface area (Å²) in [7, 11) is 1.42. The summed E-state index contributed by atoms with van der Waals surface area (Å²) < 4.78 is 19.1. The summed E-state index contributed by atoms with van der Waals surface area (Å²) in [5.74, 6) is -5.90. The molecule has 0 spiro atoms. The number of hydrogen-bond acceptors (Lipinski definition) is 6. The molecule has 3 fully saturated rings. The number of benzene rings is 3. The summed E-state index contributed by atoms with van der Waals surface area (Å²) in [6.45, 7) is 0. The molecule has 2 aliphatic carbocycles. The van der Waals surface area contributed by atoms with Gasteiger partial charge in [-0.3, -0.25) is 24.1 Å². The number of carbonyl (C=O) groups excluding carboxylic acids is 4. The molecule has 0 unspecified atom stereocenters. The van der Waals surface area contributed by atoms with E-state index in [1.165, 1.54) is 30.2 Å². The monoisotopic (exact) mass is 660 g/mol. The zero-order valence-electron chi connectivity index (χ0n) is 24.4. The quantitative estimate of drug-likeness (QED) is 0.209. The number of para-hydroxylation sites is 1. The number of aromatic hydroxyl groups is 1. The fraction of sp³-hybridized carbons (Fsp3) is 0.257. The van der Waals surface area contributed by atoms with E-state index < -0.39 is 57.0 Å². The van der Waals surface area contributed by atoms with Crippen molar-refractivity contribution in [3.8, 4) is 11.5 Å². The van der Waals surface area contributed by atoms with Crippen LogP contribution in [0.4, 0.5) is 15.8 Å². The lowest BCUT2D eigenvalue weighted by Gasteiger charge is -2.49. The molecule has 1 N–H and O–H groups in total. The third-order valence-electron chi connectivity index (χ3n) is 9.65. The minimum atomic E-state index is -2.03. The molecule has 4 amide bonds. The Morgan fingerprint density at radius 1 is 0.891 bits per heavy atom. The van der Waals surface area contributed by atoms with Gasteiger partial charge in [-0.1, -0.05) is 48.1 Å². The molecule has 0 aromatic heterocycles. The molecule has 3 aromatic rings. The van der Waals surface area contributed by atoms with Gasteiger partial charge >= 0.3 is 0 Å². The van der Waals surface area contributed by atoms with E-state index in [9.17, 15) is 28.7 Å². The van der Waals surface area contributed by atoms with E-state index in [2.05, 4.69) is 0 Å². The van der Waals surface area contributed by atoms with Crippen molar-refractivity contribution in [3.63, 3.8) is 0 Å². The van der Waals surface area contributed by atoms with E-state index in [0.29, 0.717) is 16.8 Å². The first kappa shape index (κ1) is 30.2. The second-order valence-corrected chi connectivity index (χ2v) is 13.2. The molecule has 2 saturated heterocycles. The first-order valence-electron chi connectivity index (χ1n) is 14.7. The number of ether oxygens (including phenoxy) is 1. The highest BCUT2D eigenvalue weighted by Crippen LogP contribution is 2.63. The van der Waals surface area contributed by atoms with Gasteiger partial charge in [-0.25, -0.2) is 9.29 Å². The summed E-state index contributed by atoms with van der Waals surface area (Å²) >= 11 is 14.7. The van der Waals surface area contributed by atoms with E-state index in [0.717, 1.165) is 17.0 Å². The topological polar surface area (TPSA) is 104 Å². The molecule has 8 nitrogen and oxygen atoms in total. The van der Waals surface area contributed by atoms with Crippen molar-refractivity contribution in [3.05, 3.63) is 102 Å². The minimum Gasteiger partial charge on any atom is -0.504 e. The molecule has 3 aromatic carbocycles. The van der Waals surface area contributed by atoms with Gasteiger partial charge in [0.05, 0.1) is 30.3 Å². The van der Waals surface area contributed by atoms with Crippen molar-refractivity contribution >= 4 is 64.3 Å². The second-order valence-electron chi connectivity index (χ2n) is 11.9. The second kappa shape index (κ2) is 10.8. The summed E-state index contributed by atoms with van der Waals surface area (Å²) in [5, 5.41) is 10.1. The normalized spacial score (nSPS) is 30.4. The van der Waals surface area contributed by atoms with Gasteiger partial charge in [0.2, 0.25) is 11.8 Å². The number of carbonyl (C=O) groups is 4. The largest absolute Gasteiger partial charge is 0.504 e. The average molecular weight is 662 g/mol. The molecule has 11 heteroatoms. The third-order valence-corrected chi connectivity index (χ3v) is 11.1. The Hall–Kier alpha value is -4.47. The maximum atomic E-state index is 14.3. The van der Waals surface area contributed by atoms with Gasteiger partial charge in [-0.05, 0) is 72.9 Å². The van der Waals surface area contributed by atoms with Crippen LogP contribution < -0.4 is 14.5 Å². The number of rotatable bonds is 5. The van der Waals surface area contributed by atoms with Crippen LogP contribution in [0, 0.1) is 29.5 Å². The molecular weight excluding hydrogens is 634 g/mol. The number of halogens is 3. The SMILES string of the molecule is COc1cc(C=C[C@H]2C3=CC[C@@H]4C(=O)N(c5ccccc5)C(=O)[C@@H]4[C@@H]3C[C@@]3(Cl)C(=O)N(c4ccc(F)cc4)C(=O)[C@@]23Cl)ccc1O. The highest BCUT2D eigenvalue weighted by molar-refractivity contribution is 6.58. The number of alkyl halides is 2. The molecule has 6 atom stereocenters. The summed E-state index contributed by atoms with van der Waals surface area (Å²) in [4.78, 5) is 54.4. The zero-order chi connectivity index (χ0) is 32.5. The van der Waals surface area contributed by atoms with Crippen molar-refractivity contribution < 1.29 is 33.4 Å². The number of fused-ring (bicyclic) bond motifs is 4. The van der Waals surface area contributed by atoms with Gasteiger partial charge in [0, 0.05) is 5.92 Å². The molecule has 0 radical (unpaired) electrons. The summed E-state index contributed by atoms with van der Waals surface area (Å²) in [5.41, 5.74) is 1.78. The smallest absolute Gasteiger partial charge is 0.258 e. The number of hydrogen-bond donors (Lipinski definition) is 1. The number of phenols is 1. The maximum absolute atomic E-state index is 14.3. The van der Waals surface area contributed by atoms with Crippen molar-refractivity contribution in [1.29, 1.82) is 0 Å². The minimum absolute atomic E-state index is 0.0640. The van der Waals surface area contributed by atoms with Crippen LogP contribution in [0.3, 0.4) is 0 Å². The molecule has 4 aliphatic rings. The number of imide groups is 2. The first-order chi connectivity index (χ1) is 22.0. The van der Waals surface area contributed by atoms with Gasteiger partial charge in [-0.2, -0.15) is 0 Å². The lowest BCUT2D eigenvalue weighted by Crippen LogP contribution is -2.60. The van der Waals surface area contributed by atoms with Crippen molar-refractivity contribution in [1.82, 2.24) is 0 Å². The summed E-state index contributed by atoms with van der Waals surface area (Å²) in [6, 6.07) is 18.2. The lowest BCUT2D eigenvalue weighted by atomic mass is 9.57. The standard InChI is InChI=1S/C35H27Cl2FN2O6/c1-46-28-17-19(8-16-27(28)41)7-15-26-23-13-14-24-29(31(43)39(30(24)42)21-5-3-2-4-6-21)25(23)18-34(36)32(44)40(33(45)35(26,34)37)22-11-9-20(38)10-12-22/h2-13,15-17,24-26,29,41H,14,18H2,1H3/t24-,25+,26-,29-,34+,35-/m0/s1. The Morgan fingerprint density at radius 3 is 2.28 bits per heavy atom. The number of phenolic OH excluding ortho intramolecular Hbond substituents is 1. The highest BCUT2D eigenvalue weighted by atomic mass is 35.5. The molecule has 2 aliphatic heterocycles. The van der Waals surface area contributed by atoms with E-state index in [-0.39, 0.29) is 35.9 Å². The molecule has 1 saturated carbocycles. The highest BCUT2D eigenvalue weighted by Gasteiger charge is 2.76. The van der Waals surface area contributed by atoms with Crippen LogP contribution in [0.15, 0.2) is 90.5 Å². The Labute approximate surface area is 273 Å². The zero-order valence-corrected chi connectivity index (χ0v) is 25.9. The van der Waals surface area contributed by atoms with Gasteiger partial charge in [-0.15, -0.1) is 23.2 Å². The number of nitrogens with zero attached hydrogens (tertiary/aromatic N) is 2. The van der Waals surface area contributed by atoms with Gasteiger partial charge < -0.3 is 9.84 Å². The number of anilines is 2. The molecule has 46 heavy (non-hydrogen) atoms. The van der Waals surface area contributed by atoms with E-state index in [1.54, 1.807) is 54.6 Å². The average Bonchev–Trinajstić information content (AvgIpc) is 3.40. The molecule has 0 bridgehead atoms. The predicted octanol–water partition coefficient (Wildman–Crippen LogP) is 5.85. The van der Waals surface area contributed by atoms with Gasteiger partial charge in [0.15, 0.2) is 21.2 Å². The predicted molar refractivity (Wildman–Crippen MR) is 170 cm³/mol. The van der Waals surface area contributed by atoms with Crippen LogP contribution in [-0.2, 0) is 19.2 Å². The Balaban J connectivity index is 1.36. The van der Waals surface area contributed by atoms with Crippen LogP contribution in [0.1, 0.15) is 18.4 Å². The Morgan fingerprint density at radius 2 is 1.59 bits per heavy atom. The summed E-state index contributed by atoms with van der Waals surface area (Å²) in [6.07, 6.45) is 5.25. The van der Waals surface area contributed by atoms with Crippen molar-refractivity contribution in [2.45, 2.75) is 22.6 Å². The van der Waals surface area contributed by atoms with Gasteiger partial charge in [0.25, 0.3) is 11.8 Å². The van der Waals surface area contributed by atoms with Crippen LogP contribution in [0.2, 0.25) is 0 Å². The number of amides is 4. The Kier molecular flexibility index (Phi) is 7.10. The fourth-order valence-electron chi connectivity index (χ4n) is 7.48. The van der Waals surface area contributed by atoms with Crippen molar-refractivity contribution in [2.75, 3.05) is 16.9 Å². The molecule has 2 heterocycles. The van der Waals surface area contributed by atoms with Crippen LogP contribution in [0.5, 0.6) is 11.5 Å². The van der Waals surface area contributed by atoms with Gasteiger partial charge in [0.1, 0.15) is 5.82 Å². The fourth-order valence-corrected chi connectivity index (χ4v) is 8.37. The maximum Gasteiger partial charge on any atom is 0.258 e. The molecule has 7 rings (SSSR count). The van der Waals surface area contributed by atoms with Crippen LogP contribution >= 0.6 is 23.2 Å². The lowest BCUT2D eigenvalue weighted by molar-refractivity contribution is -0.125. The number of methoxy groups -OCH3 is 1.